The van der Waals surface area contributed by atoms with Gasteiger partial charge in [0.1, 0.15) is 5.69 Å². The van der Waals surface area contributed by atoms with Gasteiger partial charge in [0.2, 0.25) is 0 Å². The number of benzene rings is 1. The van der Waals surface area contributed by atoms with E-state index in [1.807, 2.05) is 0 Å². The van der Waals surface area contributed by atoms with Crippen molar-refractivity contribution in [3.8, 4) is 0 Å². The van der Waals surface area contributed by atoms with Gasteiger partial charge in [0.15, 0.2) is 6.29 Å². The first-order valence-corrected chi connectivity index (χ1v) is 8.65. The van der Waals surface area contributed by atoms with Crippen molar-refractivity contribution in [1.82, 2.24) is 10.3 Å². The Morgan fingerprint density at radius 2 is 2.00 bits per heavy atom. The Labute approximate surface area is 169 Å². The molecule has 3 rings (SSSR count). The van der Waals surface area contributed by atoms with Gasteiger partial charge in [-0.15, -0.1) is 0 Å². The molecule has 1 aliphatic rings. The van der Waals surface area contributed by atoms with Crippen molar-refractivity contribution in [2.24, 2.45) is 0 Å². The van der Waals surface area contributed by atoms with Crippen LogP contribution in [0.25, 0.3) is 0 Å². The van der Waals surface area contributed by atoms with Crippen LogP contribution in [-0.4, -0.2) is 30.4 Å². The third-order valence-electron chi connectivity index (χ3n) is 4.59. The maximum Gasteiger partial charge on any atom is 0.416 e. The molecule has 0 saturated heterocycles. The van der Waals surface area contributed by atoms with Crippen LogP contribution in [0.5, 0.6) is 0 Å². The zero-order chi connectivity index (χ0) is 22.1. The number of allylic oxidation sites excluding steroid dienone is 1. The second-order valence-corrected chi connectivity index (χ2v) is 6.39. The Morgan fingerprint density at radius 3 is 2.57 bits per heavy atom. The predicted molar refractivity (Wildman–Crippen MR) is 99.5 cm³/mol. The Bertz CT molecular complexity index is 1030. The molecule has 1 aromatic carbocycles. The number of pyridine rings is 1. The number of alkyl halides is 3. The molecule has 30 heavy (non-hydrogen) atoms. The molecule has 0 spiro atoms. The van der Waals surface area contributed by atoms with E-state index in [4.69, 9.17) is 4.74 Å². The lowest BCUT2D eigenvalue weighted by atomic mass is 9.95. The molecule has 2 amide bonds. The summed E-state index contributed by atoms with van der Waals surface area (Å²) in [6.45, 7) is 1.44. The van der Waals surface area contributed by atoms with Gasteiger partial charge in [-0.3, -0.25) is 14.7 Å². The van der Waals surface area contributed by atoms with Gasteiger partial charge in [-0.05, 0) is 36.8 Å². The van der Waals surface area contributed by atoms with Gasteiger partial charge in [-0.2, -0.15) is 13.2 Å². The number of urea groups is 1. The molecule has 7 nitrogen and oxygen atoms in total. The van der Waals surface area contributed by atoms with E-state index in [0.29, 0.717) is 11.8 Å². The fourth-order valence-electron chi connectivity index (χ4n) is 3.16. The fourth-order valence-corrected chi connectivity index (χ4v) is 3.16. The molecular weight excluding hydrogens is 403 g/mol. The Balaban J connectivity index is 2.12. The molecule has 0 saturated carbocycles. The molecule has 10 heteroatoms. The van der Waals surface area contributed by atoms with Crippen LogP contribution in [0.15, 0.2) is 53.9 Å². The molecule has 156 valence electrons. The van der Waals surface area contributed by atoms with E-state index in [9.17, 15) is 27.6 Å². The van der Waals surface area contributed by atoms with Gasteiger partial charge < -0.3 is 10.1 Å². The van der Waals surface area contributed by atoms with Crippen molar-refractivity contribution in [3.63, 3.8) is 0 Å². The fraction of sp³-hybridized carbons (Fsp3) is 0.200. The number of anilines is 1. The van der Waals surface area contributed by atoms with E-state index < -0.39 is 29.8 Å². The summed E-state index contributed by atoms with van der Waals surface area (Å²) in [5, 5.41) is 2.59. The van der Waals surface area contributed by atoms with Crippen molar-refractivity contribution in [2.45, 2.75) is 19.1 Å². The number of nitrogens with zero attached hydrogens (tertiary/aromatic N) is 2. The zero-order valence-corrected chi connectivity index (χ0v) is 15.9. The van der Waals surface area contributed by atoms with E-state index in [1.54, 1.807) is 0 Å². The van der Waals surface area contributed by atoms with Crippen LogP contribution in [0.1, 0.15) is 34.6 Å². The van der Waals surface area contributed by atoms with E-state index in [2.05, 4.69) is 10.3 Å². The van der Waals surface area contributed by atoms with E-state index in [0.717, 1.165) is 24.1 Å². The van der Waals surface area contributed by atoms with E-state index in [1.165, 1.54) is 37.4 Å². The number of nitrogens with one attached hydrogen (secondary N) is 1. The zero-order valence-electron chi connectivity index (χ0n) is 15.9. The minimum Gasteiger partial charge on any atom is -0.466 e. The van der Waals surface area contributed by atoms with E-state index >= 15 is 0 Å². The summed E-state index contributed by atoms with van der Waals surface area (Å²) in [5.41, 5.74) is -0.307. The molecule has 0 bridgehead atoms. The van der Waals surface area contributed by atoms with Crippen LogP contribution in [0, 0.1) is 0 Å². The quantitative estimate of drug-likeness (QED) is 0.604. The first kappa shape index (κ1) is 21.0. The van der Waals surface area contributed by atoms with Gasteiger partial charge in [0.25, 0.3) is 0 Å². The third-order valence-corrected chi connectivity index (χ3v) is 4.59. The van der Waals surface area contributed by atoms with Gasteiger partial charge in [-0.1, -0.05) is 12.1 Å². The highest BCUT2D eigenvalue weighted by molar-refractivity contribution is 6.03. The van der Waals surface area contributed by atoms with Gasteiger partial charge in [0.05, 0.1) is 30.0 Å². The van der Waals surface area contributed by atoms with Crippen LogP contribution in [0.2, 0.25) is 0 Å². The van der Waals surface area contributed by atoms with Crippen LogP contribution in [0.3, 0.4) is 0 Å². The Hall–Kier alpha value is -3.69. The number of methoxy groups -OCH3 is 1. The largest absolute Gasteiger partial charge is 0.466 e. The molecule has 0 unspecified atom stereocenters. The maximum atomic E-state index is 13.1. The predicted octanol–water partition coefficient (Wildman–Crippen LogP) is 3.63. The summed E-state index contributed by atoms with van der Waals surface area (Å²) < 4.78 is 44.1. The number of aldehydes is 1. The lowest BCUT2D eigenvalue weighted by Gasteiger charge is -2.35. The van der Waals surface area contributed by atoms with Crippen molar-refractivity contribution in [2.75, 3.05) is 12.0 Å². The normalized spacial score (nSPS) is 16.9. The van der Waals surface area contributed by atoms with E-state index in [-0.39, 0.29) is 22.7 Å². The number of esters is 1. The van der Waals surface area contributed by atoms with Crippen molar-refractivity contribution in [3.05, 3.63) is 70.7 Å². The van der Waals surface area contributed by atoms with Crippen LogP contribution < -0.4 is 10.2 Å². The maximum absolute atomic E-state index is 13.1. The second-order valence-electron chi connectivity index (χ2n) is 6.39. The summed E-state index contributed by atoms with van der Waals surface area (Å²) in [5.74, 6) is -0.770. The first-order valence-electron chi connectivity index (χ1n) is 8.65. The highest BCUT2D eigenvalue weighted by Gasteiger charge is 2.38. The summed E-state index contributed by atoms with van der Waals surface area (Å²) in [7, 11) is 1.15. The second kappa shape index (κ2) is 7.97. The SMILES string of the molecule is COC(=O)C1=C(C)N(c2cccc(C(F)(F)F)c2)C(=O)N[C@@H]1c1ccc(C=O)nc1. The average molecular weight is 419 g/mol. The van der Waals surface area contributed by atoms with Crippen molar-refractivity contribution in [1.29, 1.82) is 0 Å². The molecule has 0 fully saturated rings. The highest BCUT2D eigenvalue weighted by atomic mass is 19.4. The standard InChI is InChI=1S/C20H16F3N3O4/c1-11-16(18(28)30-2)17(12-6-7-14(10-27)24-9-12)25-19(29)26(11)15-5-3-4-13(8-15)20(21,22)23/h3-10,17H,1-2H3,(H,25,29)/t17-/m1/s1. The summed E-state index contributed by atoms with van der Waals surface area (Å²) in [4.78, 5) is 41.0. The monoisotopic (exact) mass is 419 g/mol. The summed E-state index contributed by atoms with van der Waals surface area (Å²) in [6.07, 6.45) is -2.73. The molecular formula is C20H16F3N3O4. The number of amides is 2. The summed E-state index contributed by atoms with van der Waals surface area (Å²) >= 11 is 0. The average Bonchev–Trinajstić information content (AvgIpc) is 2.72. The minimum atomic E-state index is -4.60. The molecule has 2 aromatic rings. The molecule has 1 N–H and O–H groups in total. The Kier molecular flexibility index (Phi) is 5.59. The molecule has 1 aromatic heterocycles. The topological polar surface area (TPSA) is 88.6 Å². The van der Waals surface area contributed by atoms with Crippen LogP contribution >= 0.6 is 0 Å². The number of aromatic nitrogens is 1. The number of halogens is 3. The number of hydrogen-bond donors (Lipinski definition) is 1. The number of carbonyl (C=O) groups is 3. The van der Waals surface area contributed by atoms with Gasteiger partial charge in [-0.25, -0.2) is 9.59 Å². The number of ether oxygens (including phenoxy) is 1. The molecule has 2 heterocycles. The van der Waals surface area contributed by atoms with Gasteiger partial charge in [0, 0.05) is 11.9 Å². The van der Waals surface area contributed by atoms with Crippen LogP contribution in [-0.2, 0) is 15.7 Å². The van der Waals surface area contributed by atoms with Crippen molar-refractivity contribution < 1.29 is 32.3 Å². The number of hydrogen-bond acceptors (Lipinski definition) is 5. The lowest BCUT2D eigenvalue weighted by Crippen LogP contribution is -2.48. The van der Waals surface area contributed by atoms with Crippen LogP contribution in [0.4, 0.5) is 23.7 Å². The van der Waals surface area contributed by atoms with Crippen molar-refractivity contribution >= 4 is 24.0 Å². The summed E-state index contributed by atoms with van der Waals surface area (Å²) in [6, 6.07) is 5.44. The smallest absolute Gasteiger partial charge is 0.416 e. The highest BCUT2D eigenvalue weighted by Crippen LogP contribution is 2.36. The number of carbonyl (C=O) groups excluding carboxylic acids is 3. The Morgan fingerprint density at radius 1 is 1.27 bits per heavy atom. The molecule has 0 radical (unpaired) electrons. The first-order chi connectivity index (χ1) is 14.2. The minimum absolute atomic E-state index is 0.0233. The molecule has 1 atom stereocenters. The van der Waals surface area contributed by atoms with Gasteiger partial charge >= 0.3 is 18.2 Å². The lowest BCUT2D eigenvalue weighted by molar-refractivity contribution is -0.138. The molecule has 1 aliphatic heterocycles. The number of rotatable bonds is 4. The third kappa shape index (κ3) is 3.88. The molecule has 0 aliphatic carbocycles.